The maximum Gasteiger partial charge on any atom is 0.242 e. The van der Waals surface area contributed by atoms with E-state index in [1.54, 1.807) is 0 Å². The van der Waals surface area contributed by atoms with E-state index in [1.165, 1.54) is 32.1 Å². The van der Waals surface area contributed by atoms with Crippen LogP contribution < -0.4 is 10.6 Å². The second kappa shape index (κ2) is 10.9. The van der Waals surface area contributed by atoms with Gasteiger partial charge in [0.25, 0.3) is 0 Å². The SMILES string of the molecule is O=C1NCCCn2cc(nn2)CC2(CCN(C3CCCCC3)CC2)C(=O)N[C@H]1Cc1ccccc1. The van der Waals surface area contributed by atoms with Gasteiger partial charge >= 0.3 is 0 Å². The molecule has 1 saturated heterocycles. The number of aromatic nitrogens is 3. The Morgan fingerprint density at radius 2 is 1.74 bits per heavy atom. The van der Waals surface area contributed by atoms with Gasteiger partial charge in [0.2, 0.25) is 11.8 Å². The summed E-state index contributed by atoms with van der Waals surface area (Å²) < 4.78 is 1.84. The summed E-state index contributed by atoms with van der Waals surface area (Å²) in [5.74, 6) is -0.139. The largest absolute Gasteiger partial charge is 0.354 e. The standard InChI is InChI=1S/C27H38N6O2/c34-25-24(18-21-8-3-1-4-9-21)29-26(35)27(19-22-20-33(31-30-22)15-7-14-28-25)12-16-32(17-13-27)23-10-5-2-6-11-23/h1,3-4,8-9,20,23-24H,2,5-7,10-19H2,(H,28,34)(H,29,35)/t24-/m0/s1. The molecule has 1 atom stereocenters. The monoisotopic (exact) mass is 478 g/mol. The van der Waals surface area contributed by atoms with E-state index in [9.17, 15) is 9.59 Å². The highest BCUT2D eigenvalue weighted by molar-refractivity contribution is 5.90. The summed E-state index contributed by atoms with van der Waals surface area (Å²) in [6.45, 7) is 3.07. The molecule has 2 fully saturated rings. The van der Waals surface area contributed by atoms with Gasteiger partial charge in [-0.2, -0.15) is 0 Å². The molecule has 1 spiro atoms. The highest BCUT2D eigenvalue weighted by Crippen LogP contribution is 2.37. The molecule has 0 unspecified atom stereocenters. The zero-order chi connectivity index (χ0) is 24.1. The van der Waals surface area contributed by atoms with E-state index in [0.29, 0.717) is 32.0 Å². The molecule has 2 aromatic rings. The molecule has 188 valence electrons. The van der Waals surface area contributed by atoms with Crippen LogP contribution in [0.1, 0.15) is 62.6 Å². The third kappa shape index (κ3) is 5.74. The first kappa shape index (κ1) is 24.0. The van der Waals surface area contributed by atoms with Gasteiger partial charge in [-0.05, 0) is 50.8 Å². The van der Waals surface area contributed by atoms with Gasteiger partial charge in [-0.25, -0.2) is 0 Å². The molecule has 35 heavy (non-hydrogen) atoms. The number of benzene rings is 1. The number of nitrogens with one attached hydrogen (secondary N) is 2. The number of fused-ring (bicyclic) bond motifs is 2. The summed E-state index contributed by atoms with van der Waals surface area (Å²) in [7, 11) is 0. The van der Waals surface area contributed by atoms with Crippen LogP contribution in [0.2, 0.25) is 0 Å². The molecular weight excluding hydrogens is 440 g/mol. The number of rotatable bonds is 3. The van der Waals surface area contributed by atoms with Crippen LogP contribution in [0.15, 0.2) is 36.5 Å². The van der Waals surface area contributed by atoms with E-state index in [1.807, 2.05) is 41.2 Å². The maximum atomic E-state index is 14.0. The molecule has 5 rings (SSSR count). The fourth-order valence-electron chi connectivity index (χ4n) is 6.07. The van der Waals surface area contributed by atoms with Crippen molar-refractivity contribution in [3.8, 4) is 0 Å². The smallest absolute Gasteiger partial charge is 0.242 e. The minimum atomic E-state index is -0.591. The number of aryl methyl sites for hydroxylation is 1. The molecule has 1 saturated carbocycles. The minimum Gasteiger partial charge on any atom is -0.354 e. The molecule has 0 radical (unpaired) electrons. The van der Waals surface area contributed by atoms with Crippen molar-refractivity contribution < 1.29 is 9.59 Å². The first-order valence-corrected chi connectivity index (χ1v) is 13.4. The highest BCUT2D eigenvalue weighted by atomic mass is 16.2. The Kier molecular flexibility index (Phi) is 7.46. The Morgan fingerprint density at radius 3 is 2.51 bits per heavy atom. The lowest BCUT2D eigenvalue weighted by molar-refractivity contribution is -0.138. The number of hydrogen-bond acceptors (Lipinski definition) is 5. The fourth-order valence-corrected chi connectivity index (χ4v) is 6.07. The van der Waals surface area contributed by atoms with E-state index in [-0.39, 0.29) is 11.8 Å². The van der Waals surface area contributed by atoms with Crippen LogP contribution in [-0.2, 0) is 29.0 Å². The fraction of sp³-hybridized carbons (Fsp3) is 0.630. The molecule has 2 aliphatic heterocycles. The van der Waals surface area contributed by atoms with Crippen LogP contribution in [-0.4, -0.2) is 63.4 Å². The second-order valence-corrected chi connectivity index (χ2v) is 10.6. The van der Waals surface area contributed by atoms with Crippen LogP contribution >= 0.6 is 0 Å². The highest BCUT2D eigenvalue weighted by Gasteiger charge is 2.44. The normalized spacial score (nSPS) is 24.6. The Bertz CT molecular complexity index is 992. The van der Waals surface area contributed by atoms with Crippen LogP contribution in [0, 0.1) is 5.41 Å². The zero-order valence-corrected chi connectivity index (χ0v) is 20.6. The summed E-state index contributed by atoms with van der Waals surface area (Å²) in [6.07, 6.45) is 11.9. The average molecular weight is 479 g/mol. The Balaban J connectivity index is 1.38. The van der Waals surface area contributed by atoms with Crippen LogP contribution in [0.5, 0.6) is 0 Å². The zero-order valence-electron chi connectivity index (χ0n) is 20.6. The second-order valence-electron chi connectivity index (χ2n) is 10.6. The summed E-state index contributed by atoms with van der Waals surface area (Å²) >= 11 is 0. The lowest BCUT2D eigenvalue weighted by atomic mass is 9.73. The van der Waals surface area contributed by atoms with Gasteiger partial charge in [-0.1, -0.05) is 54.8 Å². The van der Waals surface area contributed by atoms with Crippen molar-refractivity contribution in [1.82, 2.24) is 30.5 Å². The lowest BCUT2D eigenvalue weighted by Crippen LogP contribution is -2.56. The van der Waals surface area contributed by atoms with Crippen molar-refractivity contribution in [2.24, 2.45) is 5.41 Å². The number of piperidine rings is 1. The Morgan fingerprint density at radius 1 is 0.971 bits per heavy atom. The molecule has 1 aromatic heterocycles. The minimum absolute atomic E-state index is 0.0225. The number of nitrogens with zero attached hydrogens (tertiary/aromatic N) is 4. The van der Waals surface area contributed by atoms with Crippen molar-refractivity contribution in [3.63, 3.8) is 0 Å². The van der Waals surface area contributed by atoms with E-state index in [2.05, 4.69) is 25.8 Å². The van der Waals surface area contributed by atoms with Gasteiger partial charge < -0.3 is 15.5 Å². The van der Waals surface area contributed by atoms with Gasteiger partial charge in [-0.15, -0.1) is 5.10 Å². The summed E-state index contributed by atoms with van der Waals surface area (Å²) in [5, 5.41) is 14.9. The predicted octanol–water partition coefficient (Wildman–Crippen LogP) is 2.48. The molecule has 8 heteroatoms. The number of carbonyl (C=O) groups is 2. The summed E-state index contributed by atoms with van der Waals surface area (Å²) in [4.78, 5) is 29.7. The van der Waals surface area contributed by atoms with E-state index in [4.69, 9.17) is 0 Å². The third-order valence-electron chi connectivity index (χ3n) is 8.20. The first-order valence-electron chi connectivity index (χ1n) is 13.4. The Labute approximate surface area is 207 Å². The van der Waals surface area contributed by atoms with Gasteiger partial charge in [0.05, 0.1) is 11.1 Å². The predicted molar refractivity (Wildman–Crippen MR) is 134 cm³/mol. The van der Waals surface area contributed by atoms with Crippen molar-refractivity contribution >= 4 is 11.8 Å². The number of carbonyl (C=O) groups excluding carboxylic acids is 2. The summed E-state index contributed by atoms with van der Waals surface area (Å²) in [5.41, 5.74) is 1.33. The molecule has 2 amide bonds. The summed E-state index contributed by atoms with van der Waals surface area (Å²) in [6, 6.07) is 9.99. The van der Waals surface area contributed by atoms with Crippen molar-refractivity contribution in [1.29, 1.82) is 0 Å². The van der Waals surface area contributed by atoms with Crippen molar-refractivity contribution in [2.45, 2.75) is 82.8 Å². The van der Waals surface area contributed by atoms with Crippen LogP contribution in [0.3, 0.4) is 0 Å². The van der Waals surface area contributed by atoms with Gasteiger partial charge in [0.1, 0.15) is 6.04 Å². The molecule has 8 nitrogen and oxygen atoms in total. The number of amides is 2. The van der Waals surface area contributed by atoms with Crippen LogP contribution in [0.25, 0.3) is 0 Å². The Hall–Kier alpha value is -2.74. The van der Waals surface area contributed by atoms with E-state index >= 15 is 0 Å². The quantitative estimate of drug-likeness (QED) is 0.707. The van der Waals surface area contributed by atoms with E-state index in [0.717, 1.165) is 43.6 Å². The molecule has 2 bridgehead atoms. The van der Waals surface area contributed by atoms with E-state index < -0.39 is 11.5 Å². The number of likely N-dealkylation sites (tertiary alicyclic amines) is 1. The molecule has 1 aromatic carbocycles. The van der Waals surface area contributed by atoms with Gasteiger partial charge in [0, 0.05) is 38.2 Å². The van der Waals surface area contributed by atoms with Gasteiger partial charge in [0.15, 0.2) is 0 Å². The number of hydrogen-bond donors (Lipinski definition) is 2. The van der Waals surface area contributed by atoms with Gasteiger partial charge in [-0.3, -0.25) is 14.3 Å². The van der Waals surface area contributed by atoms with Crippen molar-refractivity contribution in [3.05, 3.63) is 47.8 Å². The third-order valence-corrected chi connectivity index (χ3v) is 8.20. The van der Waals surface area contributed by atoms with Crippen molar-refractivity contribution in [2.75, 3.05) is 19.6 Å². The first-order chi connectivity index (χ1) is 17.1. The molecule has 2 N–H and O–H groups in total. The topological polar surface area (TPSA) is 92.2 Å². The maximum absolute atomic E-state index is 14.0. The molecule has 3 heterocycles. The molecular formula is C27H38N6O2. The lowest BCUT2D eigenvalue weighted by Gasteiger charge is -2.44. The average Bonchev–Trinajstić information content (AvgIpc) is 3.34. The molecule has 1 aliphatic carbocycles. The van der Waals surface area contributed by atoms with Crippen LogP contribution in [0.4, 0.5) is 0 Å². The molecule has 3 aliphatic rings.